The van der Waals surface area contributed by atoms with Crippen LogP contribution in [0.1, 0.15) is 69.6 Å². The molecule has 5 heteroatoms. The third-order valence-electron chi connectivity index (χ3n) is 5.67. The SMILES string of the molecule is CCCCN(CC)C(=O)[C@@H]1c2c(ncn2C(C)C)CCN1Cc1ccccc1. The van der Waals surface area contributed by atoms with Gasteiger partial charge < -0.3 is 9.47 Å². The lowest BCUT2D eigenvalue weighted by molar-refractivity contribution is -0.138. The Morgan fingerprint density at radius 2 is 2.00 bits per heavy atom. The fourth-order valence-corrected chi connectivity index (χ4v) is 4.07. The first-order valence-corrected chi connectivity index (χ1v) is 10.7. The van der Waals surface area contributed by atoms with Gasteiger partial charge in [0.05, 0.1) is 17.7 Å². The second kappa shape index (κ2) is 9.37. The molecule has 0 radical (unpaired) electrons. The molecule has 0 fully saturated rings. The number of nitrogens with zero attached hydrogens (tertiary/aromatic N) is 4. The van der Waals surface area contributed by atoms with Crippen molar-refractivity contribution >= 4 is 5.91 Å². The van der Waals surface area contributed by atoms with Crippen LogP contribution >= 0.6 is 0 Å². The average Bonchev–Trinajstić information content (AvgIpc) is 3.13. The number of fused-ring (bicyclic) bond motifs is 1. The summed E-state index contributed by atoms with van der Waals surface area (Å²) in [5.74, 6) is 0.218. The molecule has 0 saturated heterocycles. The first kappa shape index (κ1) is 20.6. The molecule has 0 spiro atoms. The number of unbranched alkanes of at least 4 members (excludes halogenated alkanes) is 1. The summed E-state index contributed by atoms with van der Waals surface area (Å²) in [6.07, 6.45) is 4.95. The fraction of sp³-hybridized carbons (Fsp3) is 0.565. The minimum absolute atomic E-state index is 0.218. The lowest BCUT2D eigenvalue weighted by Gasteiger charge is -2.38. The van der Waals surface area contributed by atoms with Crippen LogP contribution in [0.15, 0.2) is 36.7 Å². The maximum Gasteiger partial charge on any atom is 0.246 e. The van der Waals surface area contributed by atoms with Crippen LogP contribution in [0.25, 0.3) is 0 Å². The second-order valence-corrected chi connectivity index (χ2v) is 7.96. The Morgan fingerprint density at radius 3 is 2.64 bits per heavy atom. The van der Waals surface area contributed by atoms with Gasteiger partial charge in [0.15, 0.2) is 0 Å². The highest BCUT2D eigenvalue weighted by Gasteiger charge is 2.38. The highest BCUT2D eigenvalue weighted by Crippen LogP contribution is 2.34. The Labute approximate surface area is 169 Å². The molecule has 2 aromatic rings. The molecule has 0 aliphatic carbocycles. The van der Waals surface area contributed by atoms with E-state index < -0.39 is 0 Å². The Kier molecular flexibility index (Phi) is 6.89. The molecule has 3 rings (SSSR count). The van der Waals surface area contributed by atoms with Gasteiger partial charge in [0.1, 0.15) is 6.04 Å². The van der Waals surface area contributed by atoms with Gasteiger partial charge in [0.2, 0.25) is 5.91 Å². The maximum atomic E-state index is 13.7. The summed E-state index contributed by atoms with van der Waals surface area (Å²) < 4.78 is 2.20. The van der Waals surface area contributed by atoms with E-state index in [9.17, 15) is 4.79 Å². The van der Waals surface area contributed by atoms with Crippen LogP contribution in [-0.4, -0.2) is 44.9 Å². The molecule has 2 heterocycles. The van der Waals surface area contributed by atoms with Gasteiger partial charge in [-0.05, 0) is 32.8 Å². The number of carbonyl (C=O) groups is 1. The predicted octanol–water partition coefficient (Wildman–Crippen LogP) is 4.21. The molecule has 152 valence electrons. The summed E-state index contributed by atoms with van der Waals surface area (Å²) >= 11 is 0. The molecule has 1 aliphatic heterocycles. The Bertz CT molecular complexity index is 768. The first-order valence-electron chi connectivity index (χ1n) is 10.7. The van der Waals surface area contributed by atoms with E-state index in [-0.39, 0.29) is 18.0 Å². The van der Waals surface area contributed by atoms with Crippen molar-refractivity contribution in [3.05, 3.63) is 53.6 Å². The number of benzene rings is 1. The highest BCUT2D eigenvalue weighted by molar-refractivity contribution is 5.83. The van der Waals surface area contributed by atoms with Gasteiger partial charge in [-0.1, -0.05) is 43.7 Å². The van der Waals surface area contributed by atoms with Crippen LogP contribution < -0.4 is 0 Å². The van der Waals surface area contributed by atoms with E-state index in [4.69, 9.17) is 0 Å². The van der Waals surface area contributed by atoms with Gasteiger partial charge in [0, 0.05) is 38.6 Å². The van der Waals surface area contributed by atoms with Crippen molar-refractivity contribution in [3.8, 4) is 0 Å². The molecular weight excluding hydrogens is 348 g/mol. The number of aromatic nitrogens is 2. The Balaban J connectivity index is 1.97. The van der Waals surface area contributed by atoms with E-state index >= 15 is 0 Å². The third kappa shape index (κ3) is 4.30. The summed E-state index contributed by atoms with van der Waals surface area (Å²) in [6, 6.07) is 10.5. The number of hydrogen-bond donors (Lipinski definition) is 0. The van der Waals surface area contributed by atoms with Crippen molar-refractivity contribution < 1.29 is 4.79 Å². The van der Waals surface area contributed by atoms with Crippen molar-refractivity contribution in [1.29, 1.82) is 0 Å². The van der Waals surface area contributed by atoms with Gasteiger partial charge in [-0.3, -0.25) is 9.69 Å². The molecule has 1 aliphatic rings. The monoisotopic (exact) mass is 382 g/mol. The van der Waals surface area contributed by atoms with Crippen molar-refractivity contribution in [2.45, 2.75) is 65.6 Å². The van der Waals surface area contributed by atoms with Gasteiger partial charge >= 0.3 is 0 Å². The van der Waals surface area contributed by atoms with Crippen LogP contribution in [0.2, 0.25) is 0 Å². The molecule has 0 unspecified atom stereocenters. The Morgan fingerprint density at radius 1 is 1.25 bits per heavy atom. The fourth-order valence-electron chi connectivity index (χ4n) is 4.07. The van der Waals surface area contributed by atoms with Crippen molar-refractivity contribution in [2.24, 2.45) is 0 Å². The molecule has 1 aromatic carbocycles. The molecule has 28 heavy (non-hydrogen) atoms. The summed E-state index contributed by atoms with van der Waals surface area (Å²) in [5, 5.41) is 0. The van der Waals surface area contributed by atoms with Gasteiger partial charge in [-0.2, -0.15) is 0 Å². The van der Waals surface area contributed by atoms with Crippen molar-refractivity contribution in [2.75, 3.05) is 19.6 Å². The van der Waals surface area contributed by atoms with Crippen LogP contribution in [0, 0.1) is 0 Å². The van der Waals surface area contributed by atoms with E-state index in [0.29, 0.717) is 0 Å². The highest BCUT2D eigenvalue weighted by atomic mass is 16.2. The third-order valence-corrected chi connectivity index (χ3v) is 5.67. The summed E-state index contributed by atoms with van der Waals surface area (Å²) in [7, 11) is 0. The maximum absolute atomic E-state index is 13.7. The van der Waals surface area contributed by atoms with E-state index in [0.717, 1.165) is 56.8 Å². The zero-order chi connectivity index (χ0) is 20.1. The zero-order valence-electron chi connectivity index (χ0n) is 17.8. The molecule has 1 amide bonds. The Hall–Kier alpha value is -2.14. The van der Waals surface area contributed by atoms with Crippen LogP contribution in [-0.2, 0) is 17.8 Å². The molecular formula is C23H34N4O. The molecule has 5 nitrogen and oxygen atoms in total. The normalized spacial score (nSPS) is 17.0. The van der Waals surface area contributed by atoms with Crippen LogP contribution in [0.3, 0.4) is 0 Å². The number of carbonyl (C=O) groups excluding carboxylic acids is 1. The van der Waals surface area contributed by atoms with E-state index in [1.807, 2.05) is 17.3 Å². The standard InChI is InChI=1S/C23H34N4O/c1-5-7-14-25(6-2)23(28)22-21-20(24-17-27(21)18(3)4)13-15-26(22)16-19-11-9-8-10-12-19/h8-12,17-18,22H,5-7,13-16H2,1-4H3/t22-/m0/s1. The smallest absolute Gasteiger partial charge is 0.246 e. The molecule has 0 bridgehead atoms. The van der Waals surface area contributed by atoms with E-state index in [1.54, 1.807) is 0 Å². The molecule has 1 aromatic heterocycles. The summed E-state index contributed by atoms with van der Waals surface area (Å²) in [6.45, 7) is 11.8. The van der Waals surface area contributed by atoms with E-state index in [2.05, 4.69) is 66.4 Å². The van der Waals surface area contributed by atoms with Gasteiger partial charge in [-0.25, -0.2) is 4.98 Å². The van der Waals surface area contributed by atoms with Crippen LogP contribution in [0.4, 0.5) is 0 Å². The number of hydrogen-bond acceptors (Lipinski definition) is 3. The van der Waals surface area contributed by atoms with Gasteiger partial charge in [-0.15, -0.1) is 0 Å². The van der Waals surface area contributed by atoms with Crippen molar-refractivity contribution in [3.63, 3.8) is 0 Å². The average molecular weight is 383 g/mol. The largest absolute Gasteiger partial charge is 0.341 e. The summed E-state index contributed by atoms with van der Waals surface area (Å²) in [4.78, 5) is 22.7. The predicted molar refractivity (Wildman–Crippen MR) is 113 cm³/mol. The van der Waals surface area contributed by atoms with Crippen LogP contribution in [0.5, 0.6) is 0 Å². The molecule has 0 N–H and O–H groups in total. The number of likely N-dealkylation sites (N-methyl/N-ethyl adjacent to an activating group) is 1. The second-order valence-electron chi connectivity index (χ2n) is 7.96. The molecule has 0 saturated carbocycles. The lowest BCUT2D eigenvalue weighted by Crippen LogP contribution is -2.47. The topological polar surface area (TPSA) is 41.4 Å². The lowest BCUT2D eigenvalue weighted by atomic mass is 9.99. The number of amides is 1. The minimum Gasteiger partial charge on any atom is -0.341 e. The van der Waals surface area contributed by atoms with E-state index in [1.165, 1.54) is 5.56 Å². The zero-order valence-corrected chi connectivity index (χ0v) is 17.8. The van der Waals surface area contributed by atoms with Gasteiger partial charge in [0.25, 0.3) is 0 Å². The quantitative estimate of drug-likeness (QED) is 0.687. The van der Waals surface area contributed by atoms with Crippen molar-refractivity contribution in [1.82, 2.24) is 19.4 Å². The first-order chi connectivity index (χ1) is 13.6. The minimum atomic E-state index is -0.259. The molecule has 1 atom stereocenters. The number of rotatable bonds is 8. The number of imidazole rings is 1. The summed E-state index contributed by atoms with van der Waals surface area (Å²) in [5.41, 5.74) is 3.43.